The van der Waals surface area contributed by atoms with Gasteiger partial charge in [-0.2, -0.15) is 13.5 Å². The predicted molar refractivity (Wildman–Crippen MR) is 112 cm³/mol. The standard InChI is InChI=1S/C21H31N3O4S/c1-15-7-5-6-8-18(15)29(26,27)24-22-14-16-13-21(16)11-9-17(10-12-21)23-19(25)28-20(2,3)4/h5-8,14,16-17,24H,9-13H2,1-4H3,(H,23,25)/b22-14+. The van der Waals surface area contributed by atoms with E-state index >= 15 is 0 Å². The minimum absolute atomic E-state index is 0.133. The summed E-state index contributed by atoms with van der Waals surface area (Å²) in [6.07, 6.45) is 6.18. The van der Waals surface area contributed by atoms with Crippen LogP contribution in [0.3, 0.4) is 0 Å². The van der Waals surface area contributed by atoms with E-state index in [-0.39, 0.29) is 28.4 Å². The van der Waals surface area contributed by atoms with Gasteiger partial charge in [-0.05, 0) is 76.8 Å². The van der Waals surface area contributed by atoms with Crippen LogP contribution in [0.1, 0.15) is 58.4 Å². The van der Waals surface area contributed by atoms with Crippen LogP contribution in [0.5, 0.6) is 0 Å². The number of hydrogen-bond donors (Lipinski definition) is 2. The number of alkyl carbamates (subject to hydrolysis) is 1. The zero-order valence-electron chi connectivity index (χ0n) is 17.6. The molecule has 0 aliphatic heterocycles. The van der Waals surface area contributed by atoms with Crippen molar-refractivity contribution in [3.63, 3.8) is 0 Å². The highest BCUT2D eigenvalue weighted by Gasteiger charge is 2.54. The Morgan fingerprint density at radius 2 is 1.90 bits per heavy atom. The van der Waals surface area contributed by atoms with Gasteiger partial charge in [0.15, 0.2) is 0 Å². The zero-order chi connectivity index (χ0) is 21.3. The summed E-state index contributed by atoms with van der Waals surface area (Å²) in [5.41, 5.74) is 0.391. The van der Waals surface area contributed by atoms with Crippen LogP contribution in [0.2, 0.25) is 0 Å². The molecule has 1 aromatic rings. The average molecular weight is 422 g/mol. The number of sulfonamides is 1. The number of aryl methyl sites for hydroxylation is 1. The van der Waals surface area contributed by atoms with Crippen molar-refractivity contribution < 1.29 is 17.9 Å². The number of nitrogens with one attached hydrogen (secondary N) is 2. The Morgan fingerprint density at radius 3 is 2.52 bits per heavy atom. The Bertz CT molecular complexity index is 881. The maximum absolute atomic E-state index is 12.4. The van der Waals surface area contributed by atoms with Crippen molar-refractivity contribution in [2.24, 2.45) is 16.4 Å². The molecular weight excluding hydrogens is 390 g/mol. The van der Waals surface area contributed by atoms with E-state index in [1.54, 1.807) is 37.4 Å². The number of benzene rings is 1. The molecule has 7 nitrogen and oxygen atoms in total. The van der Waals surface area contributed by atoms with Crippen LogP contribution < -0.4 is 10.1 Å². The Morgan fingerprint density at radius 1 is 1.24 bits per heavy atom. The van der Waals surface area contributed by atoms with Gasteiger partial charge in [0.25, 0.3) is 10.0 Å². The quantitative estimate of drug-likeness (QED) is 0.559. The van der Waals surface area contributed by atoms with Gasteiger partial charge in [0.05, 0.1) is 4.90 Å². The topological polar surface area (TPSA) is 96.9 Å². The van der Waals surface area contributed by atoms with Crippen LogP contribution in [0, 0.1) is 18.3 Å². The Balaban J connectivity index is 1.47. The smallest absolute Gasteiger partial charge is 0.407 e. The fourth-order valence-corrected chi connectivity index (χ4v) is 5.12. The second-order valence-electron chi connectivity index (χ2n) is 9.23. The van der Waals surface area contributed by atoms with Gasteiger partial charge in [-0.1, -0.05) is 18.2 Å². The molecule has 1 atom stereocenters. The highest BCUT2D eigenvalue weighted by Crippen LogP contribution is 2.60. The number of carbonyl (C=O) groups is 1. The summed E-state index contributed by atoms with van der Waals surface area (Å²) in [6, 6.07) is 6.97. The molecule has 0 radical (unpaired) electrons. The monoisotopic (exact) mass is 421 g/mol. The van der Waals surface area contributed by atoms with E-state index in [1.165, 1.54) is 0 Å². The third-order valence-corrected chi connectivity index (χ3v) is 7.15. The zero-order valence-corrected chi connectivity index (χ0v) is 18.4. The maximum atomic E-state index is 12.4. The Hall–Kier alpha value is -2.09. The van der Waals surface area contributed by atoms with Gasteiger partial charge < -0.3 is 10.1 Å². The first kappa shape index (κ1) is 21.6. The molecular formula is C21H31N3O4S. The van der Waals surface area contributed by atoms with Gasteiger partial charge in [0.1, 0.15) is 5.60 Å². The molecule has 1 unspecified atom stereocenters. The summed E-state index contributed by atoms with van der Waals surface area (Å²) in [5, 5.41) is 6.98. The second-order valence-corrected chi connectivity index (χ2v) is 10.9. The number of amides is 1. The normalized spacial score (nSPS) is 27.0. The van der Waals surface area contributed by atoms with Gasteiger partial charge in [0, 0.05) is 18.2 Å². The van der Waals surface area contributed by atoms with Crippen molar-refractivity contribution in [3.8, 4) is 0 Å². The molecule has 2 aliphatic carbocycles. The van der Waals surface area contributed by atoms with Crippen molar-refractivity contribution in [1.29, 1.82) is 0 Å². The summed E-state index contributed by atoms with van der Waals surface area (Å²) in [7, 11) is -3.65. The first-order valence-corrected chi connectivity index (χ1v) is 11.6. The van der Waals surface area contributed by atoms with E-state index in [0.717, 1.165) is 32.1 Å². The Labute approximate surface area is 173 Å². The minimum atomic E-state index is -3.65. The summed E-state index contributed by atoms with van der Waals surface area (Å²) >= 11 is 0. The van der Waals surface area contributed by atoms with E-state index in [1.807, 2.05) is 20.8 Å². The van der Waals surface area contributed by atoms with Crippen molar-refractivity contribution in [2.45, 2.75) is 76.3 Å². The van der Waals surface area contributed by atoms with Gasteiger partial charge in [-0.3, -0.25) is 0 Å². The largest absolute Gasteiger partial charge is 0.444 e. The molecule has 1 spiro atoms. The first-order chi connectivity index (χ1) is 13.5. The molecule has 0 aromatic heterocycles. The van der Waals surface area contributed by atoms with E-state index in [9.17, 15) is 13.2 Å². The molecule has 2 aliphatic rings. The SMILES string of the molecule is Cc1ccccc1S(=O)(=O)N/N=C/C1CC12CCC(NC(=O)OC(C)(C)C)CC2. The maximum Gasteiger partial charge on any atom is 0.407 e. The van der Waals surface area contributed by atoms with Gasteiger partial charge >= 0.3 is 6.09 Å². The highest BCUT2D eigenvalue weighted by atomic mass is 32.2. The van der Waals surface area contributed by atoms with Gasteiger partial charge in [-0.25, -0.2) is 9.63 Å². The molecule has 8 heteroatoms. The van der Waals surface area contributed by atoms with E-state index < -0.39 is 15.6 Å². The number of hydrazone groups is 1. The second kappa shape index (κ2) is 7.97. The van der Waals surface area contributed by atoms with Crippen LogP contribution in [-0.2, 0) is 14.8 Å². The number of ether oxygens (including phenoxy) is 1. The molecule has 1 aromatic carbocycles. The molecule has 29 heavy (non-hydrogen) atoms. The van der Waals surface area contributed by atoms with Crippen molar-refractivity contribution >= 4 is 22.3 Å². The van der Waals surface area contributed by atoms with Gasteiger partial charge in [-0.15, -0.1) is 0 Å². The lowest BCUT2D eigenvalue weighted by atomic mass is 9.82. The minimum Gasteiger partial charge on any atom is -0.444 e. The van der Waals surface area contributed by atoms with Crippen molar-refractivity contribution in [2.75, 3.05) is 0 Å². The van der Waals surface area contributed by atoms with Crippen molar-refractivity contribution in [1.82, 2.24) is 10.1 Å². The number of hydrogen-bond acceptors (Lipinski definition) is 5. The van der Waals surface area contributed by atoms with Crippen LogP contribution in [-0.4, -0.2) is 32.4 Å². The fraction of sp³-hybridized carbons (Fsp3) is 0.619. The predicted octanol–water partition coefficient (Wildman–Crippen LogP) is 3.73. The molecule has 0 bridgehead atoms. The summed E-state index contributed by atoms with van der Waals surface area (Å²) in [6.45, 7) is 7.32. The lowest BCUT2D eigenvalue weighted by molar-refractivity contribution is 0.0484. The Kier molecular flexibility index (Phi) is 5.94. The van der Waals surface area contributed by atoms with E-state index in [4.69, 9.17) is 4.74 Å². The molecule has 3 rings (SSSR count). The van der Waals surface area contributed by atoms with Crippen LogP contribution in [0.25, 0.3) is 0 Å². The summed E-state index contributed by atoms with van der Waals surface area (Å²) in [4.78, 5) is 14.5. The molecule has 2 N–H and O–H groups in total. The van der Waals surface area contributed by atoms with Crippen LogP contribution in [0.15, 0.2) is 34.3 Å². The first-order valence-electron chi connectivity index (χ1n) is 10.1. The third kappa shape index (κ3) is 5.50. The highest BCUT2D eigenvalue weighted by molar-refractivity contribution is 7.89. The van der Waals surface area contributed by atoms with Crippen molar-refractivity contribution in [3.05, 3.63) is 29.8 Å². The van der Waals surface area contributed by atoms with E-state index in [0.29, 0.717) is 5.56 Å². The molecule has 0 saturated heterocycles. The van der Waals surface area contributed by atoms with E-state index in [2.05, 4.69) is 15.2 Å². The number of carbonyl (C=O) groups excluding carboxylic acids is 1. The van der Waals surface area contributed by atoms with Gasteiger partial charge in [0.2, 0.25) is 0 Å². The summed E-state index contributed by atoms with van der Waals surface area (Å²) in [5.74, 6) is 0.282. The molecule has 2 saturated carbocycles. The number of nitrogens with zero attached hydrogens (tertiary/aromatic N) is 1. The van der Waals surface area contributed by atoms with Crippen LogP contribution >= 0.6 is 0 Å². The molecule has 1 amide bonds. The third-order valence-electron chi connectivity index (χ3n) is 5.77. The lowest BCUT2D eigenvalue weighted by Gasteiger charge is -2.30. The number of rotatable bonds is 5. The average Bonchev–Trinajstić information content (AvgIpc) is 3.27. The summed E-state index contributed by atoms with van der Waals surface area (Å²) < 4.78 is 30.1. The molecule has 0 heterocycles. The molecule has 2 fully saturated rings. The fourth-order valence-electron chi connectivity index (χ4n) is 4.07. The lowest BCUT2D eigenvalue weighted by Crippen LogP contribution is -2.41. The van der Waals surface area contributed by atoms with Crippen LogP contribution in [0.4, 0.5) is 4.79 Å². The molecule has 160 valence electrons.